The normalized spacial score (nSPS) is 13.7. The number of thiazole rings is 1. The van der Waals surface area contributed by atoms with Gasteiger partial charge in [0.1, 0.15) is 22.1 Å². The van der Waals surface area contributed by atoms with Crippen molar-refractivity contribution in [3.63, 3.8) is 0 Å². The van der Waals surface area contributed by atoms with Crippen molar-refractivity contribution in [2.24, 2.45) is 18.5 Å². The number of amides is 1. The number of fused-ring (bicyclic) bond motifs is 1. The quantitative estimate of drug-likeness (QED) is 0.289. The van der Waals surface area contributed by atoms with Crippen LogP contribution in [-0.4, -0.2) is 47.6 Å². The first-order valence-corrected chi connectivity index (χ1v) is 11.3. The van der Waals surface area contributed by atoms with E-state index >= 15 is 0 Å². The Bertz CT molecular complexity index is 1500. The summed E-state index contributed by atoms with van der Waals surface area (Å²) in [5, 5.41) is 9.32. The maximum atomic E-state index is 13.0. The molecule has 36 heavy (non-hydrogen) atoms. The summed E-state index contributed by atoms with van der Waals surface area (Å²) >= 11 is 0.915. The molecule has 0 spiro atoms. The van der Waals surface area contributed by atoms with Gasteiger partial charge in [-0.3, -0.25) is 19.9 Å². The van der Waals surface area contributed by atoms with Crippen molar-refractivity contribution in [1.29, 1.82) is 0 Å². The van der Waals surface area contributed by atoms with Gasteiger partial charge in [-0.25, -0.2) is 14.8 Å². The molecule has 4 N–H and O–H groups in total. The summed E-state index contributed by atoms with van der Waals surface area (Å²) in [6, 6.07) is 3.18. The zero-order valence-corrected chi connectivity index (χ0v) is 20.4. The standard InChI is InChI=1S/C21H21F3N8O3S/c1-5-32-13(6-9(2)30-32)18-29-15(16(36-18)20(3,26)35-19(34)21(22,23)24)14-10-8-27-31(4)12(10)7-11(28-14)17(25)33/h6-8H,5,26H2,1-4H3,(H2,25,33). The van der Waals surface area contributed by atoms with Crippen molar-refractivity contribution >= 4 is 34.1 Å². The Balaban J connectivity index is 2.01. The predicted molar refractivity (Wildman–Crippen MR) is 123 cm³/mol. The van der Waals surface area contributed by atoms with Gasteiger partial charge in [0.15, 0.2) is 5.72 Å². The van der Waals surface area contributed by atoms with Gasteiger partial charge in [-0.05, 0) is 32.9 Å². The third-order valence-corrected chi connectivity index (χ3v) is 6.55. The van der Waals surface area contributed by atoms with Crippen LogP contribution < -0.4 is 11.5 Å². The lowest BCUT2D eigenvalue weighted by Gasteiger charge is -2.25. The summed E-state index contributed by atoms with van der Waals surface area (Å²) in [5.74, 6) is -3.30. The number of hydrogen-bond donors (Lipinski definition) is 2. The molecule has 1 atom stereocenters. The van der Waals surface area contributed by atoms with Gasteiger partial charge >= 0.3 is 12.1 Å². The smallest absolute Gasteiger partial charge is 0.432 e. The van der Waals surface area contributed by atoms with Crippen molar-refractivity contribution in [2.45, 2.75) is 39.2 Å². The van der Waals surface area contributed by atoms with Crippen molar-refractivity contribution < 1.29 is 27.5 Å². The van der Waals surface area contributed by atoms with Crippen LogP contribution in [0.3, 0.4) is 0 Å². The molecule has 0 saturated heterocycles. The largest absolute Gasteiger partial charge is 0.491 e. The molecule has 0 aliphatic rings. The highest BCUT2D eigenvalue weighted by Gasteiger charge is 2.46. The molecule has 0 fully saturated rings. The van der Waals surface area contributed by atoms with Crippen LogP contribution in [0.15, 0.2) is 18.3 Å². The van der Waals surface area contributed by atoms with Crippen LogP contribution in [0, 0.1) is 6.92 Å². The van der Waals surface area contributed by atoms with Gasteiger partial charge in [-0.1, -0.05) is 0 Å². The Morgan fingerprint density at radius 1 is 1.19 bits per heavy atom. The second kappa shape index (κ2) is 8.67. The average molecular weight is 523 g/mol. The van der Waals surface area contributed by atoms with E-state index in [4.69, 9.17) is 11.5 Å². The summed E-state index contributed by atoms with van der Waals surface area (Å²) in [7, 11) is 1.63. The Morgan fingerprint density at radius 2 is 1.89 bits per heavy atom. The van der Waals surface area contributed by atoms with Gasteiger partial charge in [-0.2, -0.15) is 23.4 Å². The van der Waals surface area contributed by atoms with Gasteiger partial charge in [0.2, 0.25) is 0 Å². The number of nitrogens with zero attached hydrogens (tertiary/aromatic N) is 6. The molecule has 1 unspecified atom stereocenters. The molecule has 4 aromatic rings. The van der Waals surface area contributed by atoms with Crippen LogP contribution in [-0.2, 0) is 28.8 Å². The van der Waals surface area contributed by atoms with Gasteiger partial charge in [0, 0.05) is 19.0 Å². The van der Waals surface area contributed by atoms with E-state index in [0.717, 1.165) is 18.3 Å². The minimum absolute atomic E-state index is 0.0116. The SMILES string of the molecule is CCn1nc(C)cc1-c1nc(-c2nc(C(N)=O)cc3c2cnn3C)c(C(C)(N)OC(=O)C(F)(F)F)s1. The molecule has 0 bridgehead atoms. The first kappa shape index (κ1) is 25.2. The Kier molecular flexibility index (Phi) is 6.08. The zero-order valence-electron chi connectivity index (χ0n) is 19.5. The Morgan fingerprint density at radius 3 is 2.50 bits per heavy atom. The molecule has 1 amide bonds. The van der Waals surface area contributed by atoms with Crippen LogP contribution in [0.4, 0.5) is 13.2 Å². The Hall–Kier alpha value is -3.85. The minimum Gasteiger partial charge on any atom is -0.432 e. The molecule has 15 heteroatoms. The van der Waals surface area contributed by atoms with Gasteiger partial charge in [0.05, 0.1) is 28.0 Å². The number of pyridine rings is 1. The number of primary amides is 1. The van der Waals surface area contributed by atoms with E-state index in [1.165, 1.54) is 16.9 Å². The van der Waals surface area contributed by atoms with Crippen molar-refractivity contribution in [1.82, 2.24) is 29.5 Å². The summed E-state index contributed by atoms with van der Waals surface area (Å²) in [5.41, 5.74) is 11.1. The van der Waals surface area contributed by atoms with E-state index in [1.54, 1.807) is 24.7 Å². The molecule has 4 heterocycles. The summed E-state index contributed by atoms with van der Waals surface area (Å²) in [6.07, 6.45) is -3.81. The lowest BCUT2D eigenvalue weighted by Crippen LogP contribution is -2.42. The number of alkyl halides is 3. The zero-order chi connectivity index (χ0) is 26.6. The molecule has 190 valence electrons. The molecule has 0 aliphatic heterocycles. The summed E-state index contributed by atoms with van der Waals surface area (Å²) in [6.45, 7) is 5.23. The molecule has 0 radical (unpaired) electrons. The second-order valence-corrected chi connectivity index (χ2v) is 9.10. The molecule has 0 saturated carbocycles. The number of rotatable bonds is 6. The molecular weight excluding hydrogens is 501 g/mol. The topological polar surface area (TPSA) is 157 Å². The van der Waals surface area contributed by atoms with Crippen molar-refractivity contribution in [2.75, 3.05) is 0 Å². The van der Waals surface area contributed by atoms with Crippen LogP contribution >= 0.6 is 11.3 Å². The number of esters is 1. The van der Waals surface area contributed by atoms with E-state index < -0.39 is 23.8 Å². The third-order valence-electron chi connectivity index (χ3n) is 5.26. The number of halogens is 3. The molecule has 0 aliphatic carbocycles. The van der Waals surface area contributed by atoms with E-state index in [0.29, 0.717) is 33.8 Å². The van der Waals surface area contributed by atoms with Crippen LogP contribution in [0.25, 0.3) is 33.0 Å². The van der Waals surface area contributed by atoms with E-state index in [-0.39, 0.29) is 22.0 Å². The van der Waals surface area contributed by atoms with Gasteiger partial charge < -0.3 is 10.5 Å². The highest BCUT2D eigenvalue weighted by Crippen LogP contribution is 2.42. The fourth-order valence-electron chi connectivity index (χ4n) is 3.63. The maximum Gasteiger partial charge on any atom is 0.491 e. The first-order valence-electron chi connectivity index (χ1n) is 10.5. The first-order chi connectivity index (χ1) is 16.7. The van der Waals surface area contributed by atoms with Crippen LogP contribution in [0.2, 0.25) is 0 Å². The number of ether oxygens (including phenoxy) is 1. The molecule has 4 aromatic heterocycles. The van der Waals surface area contributed by atoms with Crippen molar-refractivity contribution in [3.05, 3.63) is 34.6 Å². The number of aromatic nitrogens is 6. The summed E-state index contributed by atoms with van der Waals surface area (Å²) in [4.78, 5) is 32.6. The van der Waals surface area contributed by atoms with E-state index in [1.807, 2.05) is 6.92 Å². The predicted octanol–water partition coefficient (Wildman–Crippen LogP) is 2.62. The number of carbonyl (C=O) groups is 2. The Labute approximate surface area is 205 Å². The highest BCUT2D eigenvalue weighted by molar-refractivity contribution is 7.15. The number of aryl methyl sites for hydroxylation is 3. The second-order valence-electron chi connectivity index (χ2n) is 8.10. The average Bonchev–Trinajstić information content (AvgIpc) is 3.49. The number of nitrogens with two attached hydrogens (primary N) is 2. The van der Waals surface area contributed by atoms with Crippen molar-refractivity contribution in [3.8, 4) is 22.1 Å². The lowest BCUT2D eigenvalue weighted by atomic mass is 10.1. The van der Waals surface area contributed by atoms with E-state index in [2.05, 4.69) is 24.9 Å². The molecular formula is C21H21F3N8O3S. The van der Waals surface area contributed by atoms with E-state index in [9.17, 15) is 22.8 Å². The van der Waals surface area contributed by atoms with Gasteiger partial charge in [0.25, 0.3) is 5.91 Å². The molecule has 4 rings (SSSR count). The monoisotopic (exact) mass is 522 g/mol. The van der Waals surface area contributed by atoms with Crippen LogP contribution in [0.1, 0.15) is 34.9 Å². The fraction of sp³-hybridized carbons (Fsp3) is 0.333. The van der Waals surface area contributed by atoms with Crippen LogP contribution in [0.5, 0.6) is 0 Å². The van der Waals surface area contributed by atoms with Gasteiger partial charge in [-0.15, -0.1) is 11.3 Å². The fourth-order valence-corrected chi connectivity index (χ4v) is 4.71. The highest BCUT2D eigenvalue weighted by atomic mass is 32.1. The summed E-state index contributed by atoms with van der Waals surface area (Å²) < 4.78 is 46.9. The minimum atomic E-state index is -5.27. The maximum absolute atomic E-state index is 13.0. The lowest BCUT2D eigenvalue weighted by molar-refractivity contribution is -0.213. The molecule has 11 nitrogen and oxygen atoms in total. The molecule has 0 aromatic carbocycles. The number of carbonyl (C=O) groups excluding carboxylic acids is 2. The number of hydrogen-bond acceptors (Lipinski definition) is 9. The third kappa shape index (κ3) is 4.42.